The van der Waals surface area contributed by atoms with Crippen molar-refractivity contribution in [1.82, 2.24) is 15.4 Å². The number of carbonyl (C=O) groups excluding carboxylic acids is 1. The second kappa shape index (κ2) is 8.07. The van der Waals surface area contributed by atoms with Crippen LogP contribution in [0.15, 0.2) is 18.2 Å². The summed E-state index contributed by atoms with van der Waals surface area (Å²) in [6.07, 6.45) is 3.90. The predicted octanol–water partition coefficient (Wildman–Crippen LogP) is 4.03. The normalized spacial score (nSPS) is 18.3. The number of anilines is 1. The molecule has 1 aromatic carbocycles. The third-order valence-electron chi connectivity index (χ3n) is 5.73. The maximum atomic E-state index is 12.4. The highest BCUT2D eigenvalue weighted by Crippen LogP contribution is 2.38. The molecule has 3 heterocycles. The summed E-state index contributed by atoms with van der Waals surface area (Å²) in [6, 6.07) is 5.21. The van der Waals surface area contributed by atoms with E-state index in [9.17, 15) is 10.0 Å². The van der Waals surface area contributed by atoms with Crippen LogP contribution < -0.4 is 10.4 Å². The highest BCUT2D eigenvalue weighted by Gasteiger charge is 2.39. The number of piperidine rings is 1. The van der Waals surface area contributed by atoms with Crippen LogP contribution in [0.1, 0.15) is 41.9 Å². The first-order valence-corrected chi connectivity index (χ1v) is 10.4. The van der Waals surface area contributed by atoms with E-state index in [0.717, 1.165) is 32.3 Å². The Hall–Kier alpha value is -1.93. The second-order valence-corrected chi connectivity index (χ2v) is 8.28. The molecule has 0 radical (unpaired) electrons. The van der Waals surface area contributed by atoms with Crippen LogP contribution in [0.4, 0.5) is 5.82 Å². The highest BCUT2D eigenvalue weighted by molar-refractivity contribution is 6.43. The molecule has 2 fully saturated rings. The van der Waals surface area contributed by atoms with E-state index in [2.05, 4.69) is 9.97 Å². The number of rotatable bonds is 3. The van der Waals surface area contributed by atoms with Crippen molar-refractivity contribution in [2.24, 2.45) is 0 Å². The third-order valence-corrected chi connectivity index (χ3v) is 6.55. The Bertz CT molecular complexity index is 938. The van der Waals surface area contributed by atoms with E-state index in [1.54, 1.807) is 23.7 Å². The largest absolute Gasteiger partial charge is 0.375 e. The molecule has 1 amide bonds. The molecule has 0 unspecified atom stereocenters. The first-order valence-electron chi connectivity index (χ1n) is 9.60. The molecule has 29 heavy (non-hydrogen) atoms. The van der Waals surface area contributed by atoms with Gasteiger partial charge in [0.25, 0.3) is 5.91 Å². The number of hydrogen-bond donors (Lipinski definition) is 2. The number of halogens is 2. The zero-order chi connectivity index (χ0) is 20.6. The Balaban J connectivity index is 1.72. The highest BCUT2D eigenvalue weighted by atomic mass is 35.5. The first kappa shape index (κ1) is 20.3. The molecule has 0 saturated carbocycles. The van der Waals surface area contributed by atoms with Crippen molar-refractivity contribution in [2.75, 3.05) is 24.6 Å². The SMILES string of the molecule is Cc1nc(N2CCC3(CCCO3)CC2)c(C(=O)NO)nc1-c1cccc(Cl)c1Cl. The van der Waals surface area contributed by atoms with Gasteiger partial charge in [-0.25, -0.2) is 15.4 Å². The van der Waals surface area contributed by atoms with E-state index < -0.39 is 5.91 Å². The zero-order valence-corrected chi connectivity index (χ0v) is 17.6. The van der Waals surface area contributed by atoms with E-state index in [-0.39, 0.29) is 11.3 Å². The first-order chi connectivity index (χ1) is 13.9. The Kier molecular flexibility index (Phi) is 5.66. The monoisotopic (exact) mass is 436 g/mol. The van der Waals surface area contributed by atoms with Crippen molar-refractivity contribution in [2.45, 2.75) is 38.2 Å². The third kappa shape index (κ3) is 3.80. The average Bonchev–Trinajstić information content (AvgIpc) is 3.18. The Labute approximate surface area is 179 Å². The summed E-state index contributed by atoms with van der Waals surface area (Å²) in [6.45, 7) is 4.04. The number of amides is 1. The minimum Gasteiger partial charge on any atom is -0.375 e. The van der Waals surface area contributed by atoms with Gasteiger partial charge < -0.3 is 9.64 Å². The van der Waals surface area contributed by atoms with Gasteiger partial charge in [0.1, 0.15) is 0 Å². The lowest BCUT2D eigenvalue weighted by Gasteiger charge is -2.39. The van der Waals surface area contributed by atoms with E-state index in [1.165, 1.54) is 0 Å². The zero-order valence-electron chi connectivity index (χ0n) is 16.0. The maximum Gasteiger partial charge on any atom is 0.297 e. The fourth-order valence-electron chi connectivity index (χ4n) is 4.15. The molecular formula is C20H22Cl2N4O3. The molecule has 0 aliphatic carbocycles. The van der Waals surface area contributed by atoms with Crippen molar-refractivity contribution in [3.63, 3.8) is 0 Å². The lowest BCUT2D eigenvalue weighted by atomic mass is 9.88. The van der Waals surface area contributed by atoms with Crippen LogP contribution in [-0.2, 0) is 4.74 Å². The van der Waals surface area contributed by atoms with Crippen molar-refractivity contribution in [3.05, 3.63) is 39.6 Å². The summed E-state index contributed by atoms with van der Waals surface area (Å²) >= 11 is 12.5. The minimum absolute atomic E-state index is 0.0485. The van der Waals surface area contributed by atoms with Crippen molar-refractivity contribution >= 4 is 34.9 Å². The van der Waals surface area contributed by atoms with Crippen LogP contribution in [0, 0.1) is 6.92 Å². The summed E-state index contributed by atoms with van der Waals surface area (Å²) in [5.74, 6) is -0.270. The lowest BCUT2D eigenvalue weighted by Crippen LogP contribution is -2.45. The number of carbonyl (C=O) groups is 1. The summed E-state index contributed by atoms with van der Waals surface area (Å²) in [5, 5.41) is 9.99. The van der Waals surface area contributed by atoms with Crippen molar-refractivity contribution < 1.29 is 14.7 Å². The van der Waals surface area contributed by atoms with Gasteiger partial charge in [-0.05, 0) is 38.7 Å². The fourth-order valence-corrected chi connectivity index (χ4v) is 4.54. The van der Waals surface area contributed by atoms with Gasteiger partial charge in [0.15, 0.2) is 11.5 Å². The van der Waals surface area contributed by atoms with Crippen LogP contribution >= 0.6 is 23.2 Å². The van der Waals surface area contributed by atoms with Gasteiger partial charge in [-0.15, -0.1) is 0 Å². The topological polar surface area (TPSA) is 87.6 Å². The molecule has 154 valence electrons. The summed E-state index contributed by atoms with van der Waals surface area (Å²) in [5.41, 5.74) is 3.34. The molecule has 2 N–H and O–H groups in total. The number of nitrogens with zero attached hydrogens (tertiary/aromatic N) is 3. The molecule has 0 atom stereocenters. The molecule has 2 aromatic rings. The number of benzene rings is 1. The molecule has 4 rings (SSSR count). The van der Waals surface area contributed by atoms with Crippen molar-refractivity contribution in [1.29, 1.82) is 0 Å². The Morgan fingerprint density at radius 3 is 2.66 bits per heavy atom. The van der Waals surface area contributed by atoms with E-state index >= 15 is 0 Å². The number of nitrogens with one attached hydrogen (secondary N) is 1. The molecule has 1 aromatic heterocycles. The Morgan fingerprint density at radius 1 is 1.24 bits per heavy atom. The van der Waals surface area contributed by atoms with Crippen LogP contribution in [0.5, 0.6) is 0 Å². The molecular weight excluding hydrogens is 415 g/mol. The number of aromatic nitrogens is 2. The number of hydroxylamine groups is 1. The second-order valence-electron chi connectivity index (χ2n) is 7.49. The lowest BCUT2D eigenvalue weighted by molar-refractivity contribution is -0.0147. The van der Waals surface area contributed by atoms with Gasteiger partial charge in [0.2, 0.25) is 0 Å². The van der Waals surface area contributed by atoms with E-state index in [0.29, 0.717) is 45.9 Å². The molecule has 9 heteroatoms. The molecule has 2 aliphatic heterocycles. The Morgan fingerprint density at radius 2 is 2.00 bits per heavy atom. The van der Waals surface area contributed by atoms with Crippen molar-refractivity contribution in [3.8, 4) is 11.3 Å². The standard InChI is InChI=1S/C20H22Cl2N4O3/c1-12-16(13-4-2-5-14(21)15(13)22)24-17(19(27)25-28)18(23-12)26-9-7-20(8-10-26)6-3-11-29-20/h2,4-5,28H,3,6-11H2,1H3,(H,25,27). The maximum absolute atomic E-state index is 12.4. The van der Waals surface area contributed by atoms with Gasteiger partial charge in [0, 0.05) is 25.3 Å². The molecule has 7 nitrogen and oxygen atoms in total. The number of aryl methyl sites for hydroxylation is 1. The van der Waals surface area contributed by atoms with Crippen LogP contribution in [0.3, 0.4) is 0 Å². The molecule has 1 spiro atoms. The summed E-state index contributed by atoms with van der Waals surface area (Å²) in [4.78, 5) is 23.6. The van der Waals surface area contributed by atoms with Crippen LogP contribution in [0.25, 0.3) is 11.3 Å². The van der Waals surface area contributed by atoms with Gasteiger partial charge >= 0.3 is 0 Å². The minimum atomic E-state index is -0.718. The molecule has 2 saturated heterocycles. The van der Waals surface area contributed by atoms with E-state index in [1.807, 2.05) is 11.8 Å². The van der Waals surface area contributed by atoms with Gasteiger partial charge in [-0.2, -0.15) is 0 Å². The number of hydrogen-bond acceptors (Lipinski definition) is 6. The molecule has 2 aliphatic rings. The average molecular weight is 437 g/mol. The smallest absolute Gasteiger partial charge is 0.297 e. The van der Waals surface area contributed by atoms with Crippen LogP contribution in [-0.4, -0.2) is 46.4 Å². The molecule has 0 bridgehead atoms. The summed E-state index contributed by atoms with van der Waals surface area (Å²) < 4.78 is 5.98. The predicted molar refractivity (Wildman–Crippen MR) is 111 cm³/mol. The number of ether oxygens (including phenoxy) is 1. The van der Waals surface area contributed by atoms with Gasteiger partial charge in [-0.3, -0.25) is 10.0 Å². The fraction of sp³-hybridized carbons (Fsp3) is 0.450. The quantitative estimate of drug-likeness (QED) is 0.557. The van der Waals surface area contributed by atoms with Crippen LogP contribution in [0.2, 0.25) is 10.0 Å². The van der Waals surface area contributed by atoms with Gasteiger partial charge in [0.05, 0.1) is 27.0 Å². The van der Waals surface area contributed by atoms with E-state index in [4.69, 9.17) is 27.9 Å². The van der Waals surface area contributed by atoms with Gasteiger partial charge in [-0.1, -0.05) is 35.3 Å². The summed E-state index contributed by atoms with van der Waals surface area (Å²) in [7, 11) is 0.